The number of methoxy groups -OCH3 is 2. The third kappa shape index (κ3) is 5.22. The van der Waals surface area contributed by atoms with Crippen molar-refractivity contribution in [3.8, 4) is 11.5 Å². The maximum absolute atomic E-state index is 12.5. The number of carbonyl (C=O) groups excluding carboxylic acids is 1. The number of nitrogens with one attached hydrogen (secondary N) is 2. The SMILES string of the molecule is CNCCc1ccccc1C(=O)NCCc1ccc(OC)c(OC)c1. The largest absolute Gasteiger partial charge is 0.493 e. The van der Waals surface area contributed by atoms with E-state index in [0.29, 0.717) is 18.0 Å². The Hall–Kier alpha value is -2.53. The summed E-state index contributed by atoms with van der Waals surface area (Å²) in [6.07, 6.45) is 1.56. The van der Waals surface area contributed by atoms with Crippen molar-refractivity contribution >= 4 is 5.91 Å². The molecule has 0 aliphatic rings. The summed E-state index contributed by atoms with van der Waals surface area (Å²) in [5.74, 6) is 1.37. The lowest BCUT2D eigenvalue weighted by Gasteiger charge is -2.11. The highest BCUT2D eigenvalue weighted by Crippen LogP contribution is 2.27. The number of hydrogen-bond acceptors (Lipinski definition) is 4. The van der Waals surface area contributed by atoms with Gasteiger partial charge in [0.1, 0.15) is 0 Å². The van der Waals surface area contributed by atoms with Gasteiger partial charge in [-0.05, 0) is 55.8 Å². The number of amides is 1. The van der Waals surface area contributed by atoms with Crippen LogP contribution in [0.2, 0.25) is 0 Å². The molecule has 0 unspecified atom stereocenters. The minimum Gasteiger partial charge on any atom is -0.493 e. The zero-order valence-corrected chi connectivity index (χ0v) is 15.1. The number of ether oxygens (including phenoxy) is 2. The smallest absolute Gasteiger partial charge is 0.251 e. The van der Waals surface area contributed by atoms with Crippen LogP contribution in [0.1, 0.15) is 21.5 Å². The molecule has 2 rings (SSSR count). The number of carbonyl (C=O) groups is 1. The van der Waals surface area contributed by atoms with Crippen molar-refractivity contribution in [1.82, 2.24) is 10.6 Å². The van der Waals surface area contributed by atoms with Crippen LogP contribution >= 0.6 is 0 Å². The monoisotopic (exact) mass is 342 g/mol. The molecule has 0 aliphatic heterocycles. The molecular formula is C20H26N2O3. The molecule has 0 aliphatic carbocycles. The van der Waals surface area contributed by atoms with Gasteiger partial charge < -0.3 is 20.1 Å². The molecule has 2 aromatic rings. The fourth-order valence-electron chi connectivity index (χ4n) is 2.67. The molecule has 0 saturated heterocycles. The summed E-state index contributed by atoms with van der Waals surface area (Å²) in [6.45, 7) is 1.41. The average molecular weight is 342 g/mol. The quantitative estimate of drug-likeness (QED) is 0.735. The minimum atomic E-state index is -0.0350. The predicted molar refractivity (Wildman–Crippen MR) is 99.7 cm³/mol. The van der Waals surface area contributed by atoms with Gasteiger partial charge in [-0.1, -0.05) is 24.3 Å². The Morgan fingerprint density at radius 3 is 2.44 bits per heavy atom. The molecule has 5 nitrogen and oxygen atoms in total. The van der Waals surface area contributed by atoms with Crippen molar-refractivity contribution in [3.63, 3.8) is 0 Å². The molecule has 0 saturated carbocycles. The van der Waals surface area contributed by atoms with Gasteiger partial charge in [0.25, 0.3) is 5.91 Å². The summed E-state index contributed by atoms with van der Waals surface area (Å²) >= 11 is 0. The maximum Gasteiger partial charge on any atom is 0.251 e. The van der Waals surface area contributed by atoms with E-state index in [0.717, 1.165) is 36.1 Å². The summed E-state index contributed by atoms with van der Waals surface area (Å²) in [5, 5.41) is 6.11. The van der Waals surface area contributed by atoms with Gasteiger partial charge >= 0.3 is 0 Å². The molecular weight excluding hydrogens is 316 g/mol. The molecule has 2 N–H and O–H groups in total. The minimum absolute atomic E-state index is 0.0350. The van der Waals surface area contributed by atoms with Gasteiger partial charge in [0, 0.05) is 12.1 Å². The fourth-order valence-corrected chi connectivity index (χ4v) is 2.67. The molecule has 0 spiro atoms. The van der Waals surface area contributed by atoms with Crippen LogP contribution in [0.3, 0.4) is 0 Å². The van der Waals surface area contributed by atoms with Crippen LogP contribution in [0.15, 0.2) is 42.5 Å². The van der Waals surface area contributed by atoms with Crippen molar-refractivity contribution in [2.45, 2.75) is 12.8 Å². The van der Waals surface area contributed by atoms with Crippen molar-refractivity contribution in [2.75, 3.05) is 34.4 Å². The lowest BCUT2D eigenvalue weighted by atomic mass is 10.0. The lowest BCUT2D eigenvalue weighted by Crippen LogP contribution is -2.27. The molecule has 0 fully saturated rings. The van der Waals surface area contributed by atoms with Gasteiger partial charge in [0.15, 0.2) is 11.5 Å². The van der Waals surface area contributed by atoms with E-state index in [1.165, 1.54) is 0 Å². The molecule has 25 heavy (non-hydrogen) atoms. The van der Waals surface area contributed by atoms with E-state index >= 15 is 0 Å². The second-order valence-electron chi connectivity index (χ2n) is 5.71. The average Bonchev–Trinajstić information content (AvgIpc) is 2.66. The Balaban J connectivity index is 1.95. The molecule has 0 atom stereocenters. The number of likely N-dealkylation sites (N-methyl/N-ethyl adjacent to an activating group) is 1. The van der Waals surface area contributed by atoms with Crippen molar-refractivity contribution in [3.05, 3.63) is 59.2 Å². The van der Waals surface area contributed by atoms with Crippen LogP contribution < -0.4 is 20.1 Å². The van der Waals surface area contributed by atoms with E-state index in [9.17, 15) is 4.79 Å². The fraction of sp³-hybridized carbons (Fsp3) is 0.350. The summed E-state index contributed by atoms with van der Waals surface area (Å²) in [7, 11) is 5.14. The normalized spacial score (nSPS) is 10.4. The van der Waals surface area contributed by atoms with Crippen LogP contribution in [-0.4, -0.2) is 40.3 Å². The predicted octanol–water partition coefficient (Wildman–Crippen LogP) is 2.44. The van der Waals surface area contributed by atoms with E-state index < -0.39 is 0 Å². The molecule has 5 heteroatoms. The highest BCUT2D eigenvalue weighted by atomic mass is 16.5. The van der Waals surface area contributed by atoms with Gasteiger partial charge in [-0.15, -0.1) is 0 Å². The topological polar surface area (TPSA) is 59.6 Å². The van der Waals surface area contributed by atoms with Gasteiger partial charge in [-0.25, -0.2) is 0 Å². The second-order valence-corrected chi connectivity index (χ2v) is 5.71. The van der Waals surface area contributed by atoms with Crippen LogP contribution in [0, 0.1) is 0 Å². The van der Waals surface area contributed by atoms with E-state index in [1.54, 1.807) is 14.2 Å². The molecule has 1 amide bonds. The molecule has 2 aromatic carbocycles. The number of hydrogen-bond donors (Lipinski definition) is 2. The van der Waals surface area contributed by atoms with E-state index in [-0.39, 0.29) is 5.91 Å². The maximum atomic E-state index is 12.5. The first-order valence-electron chi connectivity index (χ1n) is 8.41. The third-order valence-electron chi connectivity index (χ3n) is 4.05. The van der Waals surface area contributed by atoms with Crippen LogP contribution in [0.5, 0.6) is 11.5 Å². The Morgan fingerprint density at radius 1 is 0.960 bits per heavy atom. The van der Waals surface area contributed by atoms with Crippen molar-refractivity contribution < 1.29 is 14.3 Å². The lowest BCUT2D eigenvalue weighted by molar-refractivity contribution is 0.0953. The standard InChI is InChI=1S/C20H26N2O3/c1-21-12-11-16-6-4-5-7-17(16)20(23)22-13-10-15-8-9-18(24-2)19(14-15)25-3/h4-9,14,21H,10-13H2,1-3H3,(H,22,23). The Bertz CT molecular complexity index is 701. The first-order valence-corrected chi connectivity index (χ1v) is 8.41. The van der Waals surface area contributed by atoms with Crippen molar-refractivity contribution in [2.24, 2.45) is 0 Å². The molecule has 0 aromatic heterocycles. The van der Waals surface area contributed by atoms with Gasteiger partial charge in [-0.3, -0.25) is 4.79 Å². The summed E-state index contributed by atoms with van der Waals surface area (Å²) < 4.78 is 10.5. The van der Waals surface area contributed by atoms with Crippen LogP contribution in [0.4, 0.5) is 0 Å². The van der Waals surface area contributed by atoms with Gasteiger partial charge in [0.05, 0.1) is 14.2 Å². The summed E-state index contributed by atoms with van der Waals surface area (Å²) in [4.78, 5) is 12.5. The van der Waals surface area contributed by atoms with Crippen LogP contribution in [-0.2, 0) is 12.8 Å². The van der Waals surface area contributed by atoms with E-state index in [1.807, 2.05) is 49.5 Å². The highest BCUT2D eigenvalue weighted by Gasteiger charge is 2.10. The number of benzene rings is 2. The number of rotatable bonds is 9. The van der Waals surface area contributed by atoms with Gasteiger partial charge in [-0.2, -0.15) is 0 Å². The molecule has 0 bridgehead atoms. The summed E-state index contributed by atoms with van der Waals surface area (Å²) in [6, 6.07) is 13.5. The van der Waals surface area contributed by atoms with Gasteiger partial charge in [0.2, 0.25) is 0 Å². The Labute approximate surface area is 149 Å². The third-order valence-corrected chi connectivity index (χ3v) is 4.05. The Kier molecular flexibility index (Phi) is 7.29. The second kappa shape index (κ2) is 9.69. The van der Waals surface area contributed by atoms with Crippen LogP contribution in [0.25, 0.3) is 0 Å². The van der Waals surface area contributed by atoms with E-state index in [2.05, 4.69) is 10.6 Å². The zero-order valence-electron chi connectivity index (χ0n) is 15.1. The first-order chi connectivity index (χ1) is 12.2. The molecule has 0 heterocycles. The molecule has 0 radical (unpaired) electrons. The first kappa shape index (κ1) is 18.8. The van der Waals surface area contributed by atoms with E-state index in [4.69, 9.17) is 9.47 Å². The van der Waals surface area contributed by atoms with Crippen molar-refractivity contribution in [1.29, 1.82) is 0 Å². The summed E-state index contributed by atoms with van der Waals surface area (Å²) in [5.41, 5.74) is 2.88. The zero-order chi connectivity index (χ0) is 18.1. The Morgan fingerprint density at radius 2 is 1.72 bits per heavy atom. The highest BCUT2D eigenvalue weighted by molar-refractivity contribution is 5.95. The molecule has 134 valence electrons.